The molecular weight excluding hydrogens is 354 g/mol. The molecule has 2 aliphatic rings. The summed E-state index contributed by atoms with van der Waals surface area (Å²) in [4.78, 5) is 27.6. The normalized spacial score (nSPS) is 21.7. The summed E-state index contributed by atoms with van der Waals surface area (Å²) in [6.45, 7) is 7.32. The lowest BCUT2D eigenvalue weighted by molar-refractivity contribution is -0.384. The van der Waals surface area contributed by atoms with E-state index >= 15 is 0 Å². The van der Waals surface area contributed by atoms with Gasteiger partial charge in [-0.15, -0.1) is 0 Å². The summed E-state index contributed by atoms with van der Waals surface area (Å²) in [7, 11) is 0. The van der Waals surface area contributed by atoms with Crippen LogP contribution in [0.25, 0.3) is 0 Å². The Morgan fingerprint density at radius 3 is 2.50 bits per heavy atom. The van der Waals surface area contributed by atoms with E-state index in [1.807, 2.05) is 11.8 Å². The van der Waals surface area contributed by atoms with Crippen molar-refractivity contribution in [2.75, 3.05) is 31.1 Å². The van der Waals surface area contributed by atoms with E-state index in [2.05, 4.69) is 11.8 Å². The summed E-state index contributed by atoms with van der Waals surface area (Å²) in [5.41, 5.74) is 1.68. The van der Waals surface area contributed by atoms with Gasteiger partial charge in [0.1, 0.15) is 0 Å². The Hall–Kier alpha value is -1.82. The summed E-state index contributed by atoms with van der Waals surface area (Å²) in [5.74, 6) is 0.964. The van der Waals surface area contributed by atoms with Gasteiger partial charge in [0.05, 0.1) is 15.6 Å². The van der Waals surface area contributed by atoms with Crippen LogP contribution >= 0.6 is 11.6 Å². The minimum Gasteiger partial charge on any atom is -0.370 e. The molecule has 26 heavy (non-hydrogen) atoms. The van der Waals surface area contributed by atoms with Crippen LogP contribution in [0.2, 0.25) is 5.02 Å². The zero-order chi connectivity index (χ0) is 18.8. The van der Waals surface area contributed by atoms with Gasteiger partial charge >= 0.3 is 0 Å². The fourth-order valence-corrected chi connectivity index (χ4v) is 4.60. The zero-order valence-electron chi connectivity index (χ0n) is 15.4. The first-order chi connectivity index (χ1) is 12.4. The number of aryl methyl sites for hydroxylation is 1. The molecule has 0 saturated carbocycles. The standard InChI is InChI=1S/C19H26ClN3O3/c1-13-4-3-7-22(12-13)19(24)15-5-8-21(9-6-15)18-14(2)10-16(23(25)26)11-17(18)20/h10-11,13,15H,3-9,12H2,1-2H3. The Bertz CT molecular complexity index is 678. The van der Waals surface area contributed by atoms with E-state index in [0.717, 1.165) is 56.7 Å². The number of piperidine rings is 2. The number of likely N-dealkylation sites (tertiary alicyclic amines) is 1. The van der Waals surface area contributed by atoms with E-state index in [9.17, 15) is 14.9 Å². The van der Waals surface area contributed by atoms with Gasteiger partial charge in [0, 0.05) is 44.2 Å². The number of nitro benzene ring substituents is 1. The van der Waals surface area contributed by atoms with Crippen molar-refractivity contribution >= 4 is 28.9 Å². The highest BCUT2D eigenvalue weighted by Crippen LogP contribution is 2.36. The van der Waals surface area contributed by atoms with E-state index in [-0.39, 0.29) is 11.6 Å². The molecule has 2 heterocycles. The number of carbonyl (C=O) groups excluding carboxylic acids is 1. The predicted molar refractivity (Wildman–Crippen MR) is 103 cm³/mol. The molecule has 0 bridgehead atoms. The van der Waals surface area contributed by atoms with Crippen molar-refractivity contribution < 1.29 is 9.72 Å². The van der Waals surface area contributed by atoms with Gasteiger partial charge in [-0.2, -0.15) is 0 Å². The first kappa shape index (κ1) is 19.0. The van der Waals surface area contributed by atoms with Crippen molar-refractivity contribution in [3.8, 4) is 0 Å². The van der Waals surface area contributed by atoms with Gasteiger partial charge in [-0.05, 0) is 44.1 Å². The van der Waals surface area contributed by atoms with Crippen LogP contribution in [0.3, 0.4) is 0 Å². The van der Waals surface area contributed by atoms with Gasteiger partial charge in [-0.25, -0.2) is 0 Å². The summed E-state index contributed by atoms with van der Waals surface area (Å²) in [5, 5.41) is 11.4. The van der Waals surface area contributed by atoms with Crippen LogP contribution in [0, 0.1) is 28.9 Å². The molecular formula is C19H26ClN3O3. The van der Waals surface area contributed by atoms with E-state index in [0.29, 0.717) is 16.8 Å². The number of hydrogen-bond donors (Lipinski definition) is 0. The fraction of sp³-hybridized carbons (Fsp3) is 0.632. The molecule has 1 amide bonds. The molecule has 142 valence electrons. The number of carbonyl (C=O) groups is 1. The highest BCUT2D eigenvalue weighted by Gasteiger charge is 2.31. The Morgan fingerprint density at radius 2 is 1.92 bits per heavy atom. The third-order valence-electron chi connectivity index (χ3n) is 5.58. The molecule has 0 aliphatic carbocycles. The maximum atomic E-state index is 12.8. The van der Waals surface area contributed by atoms with Gasteiger partial charge < -0.3 is 9.80 Å². The first-order valence-electron chi connectivity index (χ1n) is 9.35. The zero-order valence-corrected chi connectivity index (χ0v) is 16.2. The maximum absolute atomic E-state index is 12.8. The van der Waals surface area contributed by atoms with Crippen LogP contribution in [-0.2, 0) is 4.79 Å². The molecule has 1 aromatic rings. The highest BCUT2D eigenvalue weighted by molar-refractivity contribution is 6.33. The largest absolute Gasteiger partial charge is 0.370 e. The number of anilines is 1. The molecule has 0 aromatic heterocycles. The molecule has 2 saturated heterocycles. The Labute approximate surface area is 159 Å². The Morgan fingerprint density at radius 1 is 1.23 bits per heavy atom. The van der Waals surface area contributed by atoms with Gasteiger partial charge in [0.25, 0.3) is 5.69 Å². The molecule has 7 heteroatoms. The van der Waals surface area contributed by atoms with Crippen LogP contribution in [0.15, 0.2) is 12.1 Å². The van der Waals surface area contributed by atoms with Crippen molar-refractivity contribution in [1.29, 1.82) is 0 Å². The third kappa shape index (κ3) is 3.95. The molecule has 0 N–H and O–H groups in total. The molecule has 0 radical (unpaired) electrons. The molecule has 2 aliphatic heterocycles. The van der Waals surface area contributed by atoms with Gasteiger partial charge in [0.2, 0.25) is 5.91 Å². The van der Waals surface area contributed by atoms with E-state index < -0.39 is 4.92 Å². The van der Waals surface area contributed by atoms with Crippen LogP contribution in [0.1, 0.15) is 38.2 Å². The average Bonchev–Trinajstić information content (AvgIpc) is 2.61. The number of benzene rings is 1. The third-order valence-corrected chi connectivity index (χ3v) is 5.87. The smallest absolute Gasteiger partial charge is 0.271 e. The van der Waals surface area contributed by atoms with Crippen molar-refractivity contribution in [1.82, 2.24) is 4.90 Å². The van der Waals surface area contributed by atoms with Crippen molar-refractivity contribution in [2.24, 2.45) is 11.8 Å². The average molecular weight is 380 g/mol. The maximum Gasteiger partial charge on any atom is 0.271 e. The predicted octanol–water partition coefficient (Wildman–Crippen LogP) is 4.03. The van der Waals surface area contributed by atoms with Gasteiger partial charge in [-0.3, -0.25) is 14.9 Å². The molecule has 1 aromatic carbocycles. The second kappa shape index (κ2) is 7.82. The number of rotatable bonds is 3. The van der Waals surface area contributed by atoms with E-state index in [1.165, 1.54) is 12.5 Å². The number of hydrogen-bond acceptors (Lipinski definition) is 4. The lowest BCUT2D eigenvalue weighted by atomic mass is 9.92. The monoisotopic (exact) mass is 379 g/mol. The number of non-ortho nitro benzene ring substituents is 1. The lowest BCUT2D eigenvalue weighted by Gasteiger charge is -2.38. The second-order valence-electron chi connectivity index (χ2n) is 7.64. The number of nitrogens with zero attached hydrogens (tertiary/aromatic N) is 3. The number of halogens is 1. The van der Waals surface area contributed by atoms with Crippen LogP contribution in [0.5, 0.6) is 0 Å². The summed E-state index contributed by atoms with van der Waals surface area (Å²) in [6.07, 6.45) is 3.91. The van der Waals surface area contributed by atoms with Gasteiger partial charge in [-0.1, -0.05) is 18.5 Å². The second-order valence-corrected chi connectivity index (χ2v) is 8.05. The van der Waals surface area contributed by atoms with Crippen LogP contribution < -0.4 is 4.90 Å². The van der Waals surface area contributed by atoms with Crippen molar-refractivity contribution in [3.63, 3.8) is 0 Å². The molecule has 1 atom stereocenters. The minimum atomic E-state index is -0.423. The SMILES string of the molecule is Cc1cc([N+](=O)[O-])cc(Cl)c1N1CCC(C(=O)N2CCCC(C)C2)CC1. The molecule has 2 fully saturated rings. The summed E-state index contributed by atoms with van der Waals surface area (Å²) < 4.78 is 0. The lowest BCUT2D eigenvalue weighted by Crippen LogP contribution is -2.46. The fourth-order valence-electron chi connectivity index (χ4n) is 4.22. The summed E-state index contributed by atoms with van der Waals surface area (Å²) >= 11 is 6.33. The Balaban J connectivity index is 1.65. The molecule has 3 rings (SSSR count). The molecule has 0 spiro atoms. The van der Waals surface area contributed by atoms with Crippen molar-refractivity contribution in [3.05, 3.63) is 32.8 Å². The topological polar surface area (TPSA) is 66.7 Å². The van der Waals surface area contributed by atoms with E-state index in [4.69, 9.17) is 11.6 Å². The van der Waals surface area contributed by atoms with Crippen LogP contribution in [0.4, 0.5) is 11.4 Å². The quantitative estimate of drug-likeness (QED) is 0.587. The number of nitro groups is 1. The van der Waals surface area contributed by atoms with Crippen LogP contribution in [-0.4, -0.2) is 41.9 Å². The van der Waals surface area contributed by atoms with Gasteiger partial charge in [0.15, 0.2) is 0 Å². The summed E-state index contributed by atoms with van der Waals surface area (Å²) in [6, 6.07) is 2.98. The van der Waals surface area contributed by atoms with Crippen molar-refractivity contribution in [2.45, 2.75) is 39.5 Å². The molecule has 6 nitrogen and oxygen atoms in total. The first-order valence-corrected chi connectivity index (χ1v) is 9.73. The minimum absolute atomic E-state index is 0.0144. The highest BCUT2D eigenvalue weighted by atomic mass is 35.5. The molecule has 1 unspecified atom stereocenters. The Kier molecular flexibility index (Phi) is 5.70. The van der Waals surface area contributed by atoms with E-state index in [1.54, 1.807) is 6.07 Å². The number of amides is 1.